The summed E-state index contributed by atoms with van der Waals surface area (Å²) in [6, 6.07) is 8.49. The average molecular weight is 734 g/mol. The molecule has 4 aliphatic heterocycles. The van der Waals surface area contributed by atoms with E-state index in [1.54, 1.807) is 4.90 Å². The molecule has 0 bridgehead atoms. The number of hydrogen-bond donors (Lipinski definition) is 3. The van der Waals surface area contributed by atoms with E-state index >= 15 is 0 Å². The number of alkyl halides is 3. The molecule has 3 saturated heterocycles. The standard InChI is InChI=1S/C36H47ClF3N7O4/c1-44-13-6-24(7-14-44)25-8-15-45(16-9-25)33(48)31(22-23-20-28(36(38,39)40)32(41)29(37)21-23)43-35(50)51-46-17-11-27(12-18-46)47-19-10-26-4-2-3-5-30(26)42-34(47)49/h2-5,20-21,24-25,27,31H,6-19,22,41H2,1H3,(H,42,49)(H,43,50)/t31-/m1/s1. The minimum atomic E-state index is -4.75. The maximum absolute atomic E-state index is 14.0. The highest BCUT2D eigenvalue weighted by molar-refractivity contribution is 6.33. The lowest BCUT2D eigenvalue weighted by Crippen LogP contribution is -2.54. The Morgan fingerprint density at radius 2 is 1.63 bits per heavy atom. The fourth-order valence-electron chi connectivity index (χ4n) is 8.04. The number of amides is 4. The van der Waals surface area contributed by atoms with E-state index in [0.29, 0.717) is 57.4 Å². The highest BCUT2D eigenvalue weighted by Gasteiger charge is 2.37. The Labute approximate surface area is 301 Å². The van der Waals surface area contributed by atoms with Crippen molar-refractivity contribution in [1.82, 2.24) is 25.1 Å². The van der Waals surface area contributed by atoms with Gasteiger partial charge in [-0.05, 0) is 106 Å². The van der Waals surface area contributed by atoms with E-state index in [9.17, 15) is 27.6 Å². The predicted octanol–water partition coefficient (Wildman–Crippen LogP) is 5.63. The molecule has 15 heteroatoms. The number of para-hydroxylation sites is 1. The van der Waals surface area contributed by atoms with Crippen LogP contribution < -0.4 is 16.4 Å². The van der Waals surface area contributed by atoms with Crippen LogP contribution in [-0.2, 0) is 28.7 Å². The zero-order chi connectivity index (χ0) is 36.3. The third-order valence-corrected chi connectivity index (χ3v) is 11.3. The molecule has 0 spiro atoms. The second-order valence-electron chi connectivity index (χ2n) is 14.3. The number of fused-ring (bicyclic) bond motifs is 1. The Morgan fingerprint density at radius 3 is 2.29 bits per heavy atom. The lowest BCUT2D eigenvalue weighted by atomic mass is 9.79. The van der Waals surface area contributed by atoms with Crippen molar-refractivity contribution in [2.75, 3.05) is 63.9 Å². The number of piperidine rings is 3. The first-order valence-corrected chi connectivity index (χ1v) is 18.2. The molecule has 0 unspecified atom stereocenters. The van der Waals surface area contributed by atoms with Crippen LogP contribution in [0, 0.1) is 11.8 Å². The SMILES string of the molecule is CN1CCC(C2CCN(C(=O)[C@@H](Cc3cc(Cl)c(N)c(C(F)(F)F)c3)NC(=O)ON3CCC(N4CCc5ccccc5NC4=O)CC3)CC2)CC1. The lowest BCUT2D eigenvalue weighted by Gasteiger charge is -2.40. The number of carbonyl (C=O) groups is 3. The number of carbonyl (C=O) groups excluding carboxylic acids is 3. The number of hydroxylamine groups is 2. The Balaban J connectivity index is 1.08. The topological polar surface area (TPSA) is 123 Å². The predicted molar refractivity (Wildman–Crippen MR) is 188 cm³/mol. The van der Waals surface area contributed by atoms with Crippen LogP contribution in [0.5, 0.6) is 0 Å². The van der Waals surface area contributed by atoms with Gasteiger partial charge in [0, 0.05) is 50.9 Å². The van der Waals surface area contributed by atoms with E-state index in [4.69, 9.17) is 22.2 Å². The van der Waals surface area contributed by atoms with Crippen LogP contribution in [0.25, 0.3) is 0 Å². The number of nitrogens with two attached hydrogens (primary N) is 1. The highest BCUT2D eigenvalue weighted by atomic mass is 35.5. The smallest absolute Gasteiger partial charge is 0.397 e. The van der Waals surface area contributed by atoms with Crippen molar-refractivity contribution in [3.63, 3.8) is 0 Å². The summed E-state index contributed by atoms with van der Waals surface area (Å²) in [5, 5.41) is 6.86. The first-order chi connectivity index (χ1) is 24.4. The number of hydrogen-bond acceptors (Lipinski definition) is 7. The van der Waals surface area contributed by atoms with Crippen molar-refractivity contribution in [1.29, 1.82) is 0 Å². The van der Waals surface area contributed by atoms with E-state index in [2.05, 4.69) is 22.6 Å². The summed E-state index contributed by atoms with van der Waals surface area (Å²) < 4.78 is 41.4. The molecule has 51 heavy (non-hydrogen) atoms. The van der Waals surface area contributed by atoms with Gasteiger partial charge >= 0.3 is 18.3 Å². The van der Waals surface area contributed by atoms with Gasteiger partial charge in [-0.3, -0.25) is 4.79 Å². The molecule has 3 fully saturated rings. The molecule has 278 valence electrons. The first kappa shape index (κ1) is 37.0. The number of halogens is 4. The Hall–Kier alpha value is -3.75. The number of rotatable bonds is 7. The van der Waals surface area contributed by atoms with Gasteiger partial charge in [-0.1, -0.05) is 29.8 Å². The second-order valence-corrected chi connectivity index (χ2v) is 14.7. The van der Waals surface area contributed by atoms with Crippen molar-refractivity contribution < 1.29 is 32.4 Å². The van der Waals surface area contributed by atoms with Gasteiger partial charge < -0.3 is 35.9 Å². The lowest BCUT2D eigenvalue weighted by molar-refractivity contribution is -0.137. The Bertz CT molecular complexity index is 1570. The van der Waals surface area contributed by atoms with Gasteiger partial charge in [0.05, 0.1) is 16.3 Å². The Morgan fingerprint density at radius 1 is 0.980 bits per heavy atom. The van der Waals surface area contributed by atoms with Gasteiger partial charge in [-0.15, -0.1) is 5.06 Å². The van der Waals surface area contributed by atoms with Crippen LogP contribution in [0.4, 0.5) is 34.1 Å². The van der Waals surface area contributed by atoms with Gasteiger partial charge in [-0.2, -0.15) is 13.2 Å². The monoisotopic (exact) mass is 733 g/mol. The van der Waals surface area contributed by atoms with Crippen molar-refractivity contribution in [2.24, 2.45) is 11.8 Å². The number of benzene rings is 2. The van der Waals surface area contributed by atoms with Crippen LogP contribution in [0.2, 0.25) is 5.02 Å². The summed E-state index contributed by atoms with van der Waals surface area (Å²) in [5.41, 5.74) is 5.96. The van der Waals surface area contributed by atoms with Crippen molar-refractivity contribution in [2.45, 2.75) is 69.6 Å². The maximum atomic E-state index is 14.0. The van der Waals surface area contributed by atoms with E-state index in [1.165, 1.54) is 11.1 Å². The molecule has 2 aromatic rings. The minimum Gasteiger partial charge on any atom is -0.397 e. The number of nitrogen functional groups attached to an aromatic ring is 1. The van der Waals surface area contributed by atoms with Gasteiger partial charge in [0.1, 0.15) is 6.04 Å². The number of anilines is 2. The fraction of sp³-hybridized carbons (Fsp3) is 0.583. The molecule has 4 aliphatic rings. The molecular formula is C36H47ClF3N7O4. The van der Waals surface area contributed by atoms with Crippen LogP contribution in [-0.4, -0.2) is 103 Å². The van der Waals surface area contributed by atoms with Crippen molar-refractivity contribution in [3.05, 3.63) is 58.1 Å². The van der Waals surface area contributed by atoms with Crippen LogP contribution in [0.1, 0.15) is 55.2 Å². The van der Waals surface area contributed by atoms with Crippen molar-refractivity contribution >= 4 is 41.0 Å². The summed E-state index contributed by atoms with van der Waals surface area (Å²) in [7, 11) is 2.12. The Kier molecular flexibility index (Phi) is 11.5. The molecule has 6 rings (SSSR count). The molecule has 0 radical (unpaired) electrons. The van der Waals surface area contributed by atoms with E-state index in [0.717, 1.165) is 62.5 Å². The van der Waals surface area contributed by atoms with E-state index in [1.807, 2.05) is 29.2 Å². The number of urea groups is 1. The third-order valence-electron chi connectivity index (χ3n) is 11.0. The molecule has 11 nitrogen and oxygen atoms in total. The number of nitrogens with zero attached hydrogens (tertiary/aromatic N) is 4. The van der Waals surface area contributed by atoms with Gasteiger partial charge in [-0.25, -0.2) is 9.59 Å². The molecule has 0 aromatic heterocycles. The van der Waals surface area contributed by atoms with Crippen LogP contribution in [0.3, 0.4) is 0 Å². The van der Waals surface area contributed by atoms with Gasteiger partial charge in [0.2, 0.25) is 5.91 Å². The molecule has 2 aromatic carbocycles. The quantitative estimate of drug-likeness (QED) is 0.316. The maximum Gasteiger partial charge on any atom is 0.426 e. The molecular weight excluding hydrogens is 687 g/mol. The van der Waals surface area contributed by atoms with Crippen molar-refractivity contribution in [3.8, 4) is 0 Å². The molecule has 4 heterocycles. The summed E-state index contributed by atoms with van der Waals surface area (Å²) in [4.78, 5) is 51.7. The molecule has 4 amide bonds. The first-order valence-electron chi connectivity index (χ1n) is 17.9. The number of nitrogens with one attached hydrogen (secondary N) is 2. The number of likely N-dealkylation sites (tertiary alicyclic amines) is 2. The second kappa shape index (κ2) is 15.9. The fourth-order valence-corrected chi connectivity index (χ4v) is 8.28. The summed E-state index contributed by atoms with van der Waals surface area (Å²) in [5.74, 6) is 0.722. The van der Waals surface area contributed by atoms with Crippen LogP contribution in [0.15, 0.2) is 36.4 Å². The van der Waals surface area contributed by atoms with E-state index in [-0.39, 0.29) is 35.0 Å². The highest BCUT2D eigenvalue weighted by Crippen LogP contribution is 2.38. The molecule has 0 saturated carbocycles. The average Bonchev–Trinajstić information content (AvgIpc) is 3.27. The minimum absolute atomic E-state index is 0.0490. The molecule has 1 atom stereocenters. The van der Waals surface area contributed by atoms with E-state index < -0.39 is 29.6 Å². The summed E-state index contributed by atoms with van der Waals surface area (Å²) >= 11 is 6.11. The van der Waals surface area contributed by atoms with Crippen LogP contribution >= 0.6 is 11.6 Å². The van der Waals surface area contributed by atoms with Gasteiger partial charge in [0.25, 0.3) is 0 Å². The zero-order valence-electron chi connectivity index (χ0n) is 28.9. The third kappa shape index (κ3) is 9.01. The largest absolute Gasteiger partial charge is 0.426 e. The van der Waals surface area contributed by atoms with Gasteiger partial charge in [0.15, 0.2) is 0 Å². The normalized spacial score (nSPS) is 21.1. The zero-order valence-corrected chi connectivity index (χ0v) is 29.6. The molecule has 4 N–H and O–H groups in total. The summed E-state index contributed by atoms with van der Waals surface area (Å²) in [6.07, 6.45) is -0.0975. The summed E-state index contributed by atoms with van der Waals surface area (Å²) in [6.45, 7) is 4.41. The molecule has 0 aliphatic carbocycles.